The summed E-state index contributed by atoms with van der Waals surface area (Å²) in [7, 11) is 1.29. The number of aryl methyl sites for hydroxylation is 1. The summed E-state index contributed by atoms with van der Waals surface area (Å²) in [5, 5.41) is 12.8. The van der Waals surface area contributed by atoms with Crippen molar-refractivity contribution in [1.82, 2.24) is 19.8 Å². The van der Waals surface area contributed by atoms with Crippen LogP contribution in [0.1, 0.15) is 33.0 Å². The Morgan fingerprint density at radius 2 is 2.00 bits per heavy atom. The maximum atomic E-state index is 13.5. The molecule has 1 aromatic rings. The largest absolute Gasteiger partial charge is 0.425 e. The second-order valence-electron chi connectivity index (χ2n) is 6.03. The molecule has 0 fully saturated rings. The van der Waals surface area contributed by atoms with E-state index in [9.17, 15) is 27.9 Å². The number of carbonyl (C=O) groups is 2. The van der Waals surface area contributed by atoms with Gasteiger partial charge in [-0.05, 0) is 20.8 Å². The number of nitrogens with zero attached hydrogens (tertiary/aromatic N) is 3. The van der Waals surface area contributed by atoms with E-state index < -0.39 is 35.8 Å². The molecule has 0 bridgehead atoms. The number of carbonyl (C=O) groups excluding carboxylic acids is 2. The molecule has 0 aliphatic carbocycles. The lowest BCUT2D eigenvalue weighted by atomic mass is 9.96. The van der Waals surface area contributed by atoms with Crippen molar-refractivity contribution in [2.45, 2.75) is 45.0 Å². The third-order valence-electron chi connectivity index (χ3n) is 3.59. The third-order valence-corrected chi connectivity index (χ3v) is 3.59. The minimum absolute atomic E-state index is 0.0266. The number of nitrogens with one attached hydrogen (secondary N) is 1. The first kappa shape index (κ1) is 20.9. The van der Waals surface area contributed by atoms with E-state index >= 15 is 0 Å². The number of imidazole rings is 1. The van der Waals surface area contributed by atoms with Crippen molar-refractivity contribution < 1.29 is 27.9 Å². The Balaban J connectivity index is 3.02. The average Bonchev–Trinajstić information content (AvgIpc) is 2.89. The molecule has 1 atom stereocenters. The van der Waals surface area contributed by atoms with Crippen LogP contribution in [0, 0.1) is 0 Å². The number of hydrogen-bond donors (Lipinski definition) is 2. The van der Waals surface area contributed by atoms with Gasteiger partial charge in [-0.25, -0.2) is 4.98 Å². The molecule has 1 heterocycles. The maximum absolute atomic E-state index is 13.5. The Bertz CT molecular complexity index is 615. The molecule has 7 nitrogen and oxygen atoms in total. The number of alkyl halides is 3. The zero-order chi connectivity index (χ0) is 19.4. The van der Waals surface area contributed by atoms with Crippen molar-refractivity contribution in [3.05, 3.63) is 18.2 Å². The molecule has 0 saturated heterocycles. The Labute approximate surface area is 143 Å². The van der Waals surface area contributed by atoms with Crippen molar-refractivity contribution in [2.75, 3.05) is 13.1 Å². The van der Waals surface area contributed by atoms with Crippen LogP contribution in [0.15, 0.2) is 12.4 Å². The molecule has 1 aromatic heterocycles. The first-order chi connectivity index (χ1) is 11.4. The molecule has 25 heavy (non-hydrogen) atoms. The summed E-state index contributed by atoms with van der Waals surface area (Å²) in [4.78, 5) is 28.6. The molecule has 2 amide bonds. The van der Waals surface area contributed by atoms with Gasteiger partial charge < -0.3 is 19.9 Å². The molecule has 1 unspecified atom stereocenters. The Hall–Kier alpha value is -2.10. The van der Waals surface area contributed by atoms with E-state index in [1.807, 2.05) is 0 Å². The van der Waals surface area contributed by atoms with E-state index in [4.69, 9.17) is 0 Å². The molecular formula is C15H23F3N4O3. The second-order valence-corrected chi connectivity index (χ2v) is 6.03. The fourth-order valence-corrected chi connectivity index (χ4v) is 2.32. The molecule has 0 radical (unpaired) electrons. The van der Waals surface area contributed by atoms with Crippen molar-refractivity contribution in [1.29, 1.82) is 0 Å². The molecule has 0 aliphatic heterocycles. The van der Waals surface area contributed by atoms with Gasteiger partial charge in [-0.1, -0.05) is 0 Å². The van der Waals surface area contributed by atoms with Gasteiger partial charge in [-0.15, -0.1) is 0 Å². The van der Waals surface area contributed by atoms with Gasteiger partial charge in [0.2, 0.25) is 17.4 Å². The summed E-state index contributed by atoms with van der Waals surface area (Å²) in [5.74, 6) is -2.17. The van der Waals surface area contributed by atoms with Gasteiger partial charge in [0.25, 0.3) is 0 Å². The third kappa shape index (κ3) is 4.94. The highest BCUT2D eigenvalue weighted by atomic mass is 19.4. The van der Waals surface area contributed by atoms with Gasteiger partial charge in [0, 0.05) is 32.0 Å². The first-order valence-corrected chi connectivity index (χ1v) is 7.76. The van der Waals surface area contributed by atoms with Crippen LogP contribution in [0.2, 0.25) is 0 Å². The summed E-state index contributed by atoms with van der Waals surface area (Å²) in [6.45, 7) is 4.62. The SMILES string of the molecule is CCN(CC(=O)NC(C)C)C(=O)CC(O)(c1nccn1C)C(F)(F)F. The number of aromatic nitrogens is 2. The van der Waals surface area contributed by atoms with Gasteiger partial charge in [0.1, 0.15) is 0 Å². The first-order valence-electron chi connectivity index (χ1n) is 7.76. The Kier molecular flexibility index (Phi) is 6.58. The van der Waals surface area contributed by atoms with E-state index in [2.05, 4.69) is 10.3 Å². The van der Waals surface area contributed by atoms with Crippen molar-refractivity contribution >= 4 is 11.8 Å². The van der Waals surface area contributed by atoms with Crippen molar-refractivity contribution in [3.63, 3.8) is 0 Å². The van der Waals surface area contributed by atoms with Crippen molar-refractivity contribution in [3.8, 4) is 0 Å². The molecule has 0 aromatic carbocycles. The molecule has 0 spiro atoms. The summed E-state index contributed by atoms with van der Waals surface area (Å²) in [6.07, 6.45) is -4.03. The fraction of sp³-hybridized carbons (Fsp3) is 0.667. The predicted octanol–water partition coefficient (Wildman–Crippen LogP) is 0.933. The Morgan fingerprint density at radius 3 is 2.40 bits per heavy atom. The number of aliphatic hydroxyl groups is 1. The van der Waals surface area contributed by atoms with Crippen LogP contribution in [0.5, 0.6) is 0 Å². The van der Waals surface area contributed by atoms with Gasteiger partial charge >= 0.3 is 6.18 Å². The van der Waals surface area contributed by atoms with E-state index in [-0.39, 0.29) is 19.1 Å². The minimum atomic E-state index is -5.11. The lowest BCUT2D eigenvalue weighted by molar-refractivity contribution is -0.271. The van der Waals surface area contributed by atoms with E-state index in [1.54, 1.807) is 13.8 Å². The second kappa shape index (κ2) is 7.85. The molecular weight excluding hydrogens is 341 g/mol. The number of likely N-dealkylation sites (N-methyl/N-ethyl adjacent to an activating group) is 1. The number of halogens is 3. The molecule has 142 valence electrons. The highest BCUT2D eigenvalue weighted by molar-refractivity contribution is 5.85. The molecule has 0 saturated carbocycles. The van der Waals surface area contributed by atoms with Crippen molar-refractivity contribution in [2.24, 2.45) is 7.05 Å². The highest BCUT2D eigenvalue weighted by Gasteiger charge is 2.59. The lowest BCUT2D eigenvalue weighted by Gasteiger charge is -2.31. The number of rotatable bonds is 7. The van der Waals surface area contributed by atoms with Gasteiger partial charge in [0.15, 0.2) is 5.82 Å². The maximum Gasteiger partial charge on any atom is 0.425 e. The van der Waals surface area contributed by atoms with Crippen LogP contribution in [0.25, 0.3) is 0 Å². The fourth-order valence-electron chi connectivity index (χ4n) is 2.32. The smallest absolute Gasteiger partial charge is 0.374 e. The summed E-state index contributed by atoms with van der Waals surface area (Å²) < 4.78 is 41.4. The molecule has 2 N–H and O–H groups in total. The normalized spacial score (nSPS) is 14.3. The van der Waals surface area contributed by atoms with Gasteiger partial charge in [-0.2, -0.15) is 13.2 Å². The lowest BCUT2D eigenvalue weighted by Crippen LogP contribution is -2.50. The zero-order valence-electron chi connectivity index (χ0n) is 14.6. The van der Waals surface area contributed by atoms with Crippen LogP contribution < -0.4 is 5.32 Å². The molecule has 10 heteroatoms. The Morgan fingerprint density at radius 1 is 1.40 bits per heavy atom. The predicted molar refractivity (Wildman–Crippen MR) is 83.3 cm³/mol. The van der Waals surface area contributed by atoms with Crippen LogP contribution in [-0.4, -0.2) is 56.7 Å². The van der Waals surface area contributed by atoms with Crippen LogP contribution >= 0.6 is 0 Å². The topological polar surface area (TPSA) is 87.5 Å². The molecule has 0 aliphatic rings. The quantitative estimate of drug-likeness (QED) is 0.754. The van der Waals surface area contributed by atoms with E-state index in [0.717, 1.165) is 15.7 Å². The number of amides is 2. The highest BCUT2D eigenvalue weighted by Crippen LogP contribution is 2.41. The zero-order valence-corrected chi connectivity index (χ0v) is 14.6. The van der Waals surface area contributed by atoms with E-state index in [0.29, 0.717) is 0 Å². The summed E-state index contributed by atoms with van der Waals surface area (Å²) >= 11 is 0. The average molecular weight is 364 g/mol. The molecule has 1 rings (SSSR count). The van der Waals surface area contributed by atoms with Crippen LogP contribution in [0.3, 0.4) is 0 Å². The number of hydrogen-bond acceptors (Lipinski definition) is 4. The van der Waals surface area contributed by atoms with Gasteiger partial charge in [0.05, 0.1) is 13.0 Å². The summed E-state index contributed by atoms with van der Waals surface area (Å²) in [6, 6.07) is -0.166. The van der Waals surface area contributed by atoms with Gasteiger partial charge in [-0.3, -0.25) is 9.59 Å². The standard InChI is InChI=1S/C15H23F3N4O3/c1-5-22(9-11(23)20-10(2)3)12(24)8-14(25,15(16,17)18)13-19-6-7-21(13)4/h6-7,10,25H,5,8-9H2,1-4H3,(H,20,23). The van der Waals surface area contributed by atoms with E-state index in [1.165, 1.54) is 20.2 Å². The monoisotopic (exact) mass is 364 g/mol. The summed E-state index contributed by atoms with van der Waals surface area (Å²) in [5.41, 5.74) is -3.44. The minimum Gasteiger partial charge on any atom is -0.374 e. The van der Waals surface area contributed by atoms with Crippen LogP contribution in [0.4, 0.5) is 13.2 Å². The van der Waals surface area contributed by atoms with Crippen LogP contribution in [-0.2, 0) is 22.2 Å².